The minimum atomic E-state index is -0.811. The van der Waals surface area contributed by atoms with E-state index >= 15 is 0 Å². The average Bonchev–Trinajstić information content (AvgIpc) is 2.37. The van der Waals surface area contributed by atoms with Crippen molar-refractivity contribution in [1.29, 1.82) is 0 Å². The van der Waals surface area contributed by atoms with Gasteiger partial charge in [0, 0.05) is 23.6 Å². The van der Waals surface area contributed by atoms with E-state index in [4.69, 9.17) is 16.0 Å². The highest BCUT2D eigenvalue weighted by atomic mass is 35.5. The van der Waals surface area contributed by atoms with Crippen LogP contribution in [-0.2, 0) is 4.74 Å². The Kier molecular flexibility index (Phi) is 3.22. The van der Waals surface area contributed by atoms with Crippen molar-refractivity contribution in [2.45, 2.75) is 0 Å². The Bertz CT molecular complexity index is 751. The number of methoxy groups -OCH3 is 1. The Morgan fingerprint density at radius 1 is 1.42 bits per heavy atom. The molecular formula is C11H6ClNO6. The molecule has 1 heterocycles. The van der Waals surface area contributed by atoms with Crippen molar-refractivity contribution >= 4 is 34.2 Å². The summed E-state index contributed by atoms with van der Waals surface area (Å²) in [5.74, 6) is -0.811. The zero-order chi connectivity index (χ0) is 14.2. The number of carbonyl (C=O) groups excluding carboxylic acids is 1. The minimum absolute atomic E-state index is 0.0469. The third-order valence-corrected chi connectivity index (χ3v) is 2.68. The number of hydrogen-bond acceptors (Lipinski definition) is 6. The Morgan fingerprint density at radius 3 is 2.68 bits per heavy atom. The highest BCUT2D eigenvalue weighted by Gasteiger charge is 2.19. The van der Waals surface area contributed by atoms with Gasteiger partial charge >= 0.3 is 11.6 Å². The summed E-state index contributed by atoms with van der Waals surface area (Å²) < 4.78 is 9.35. The second kappa shape index (κ2) is 4.69. The number of ether oxygens (including phenoxy) is 1. The quantitative estimate of drug-likeness (QED) is 0.362. The molecule has 0 aliphatic carbocycles. The van der Waals surface area contributed by atoms with Crippen molar-refractivity contribution in [1.82, 2.24) is 0 Å². The fraction of sp³-hybridized carbons (Fsp3) is 0.0909. The second-order valence-corrected chi connectivity index (χ2v) is 3.94. The van der Waals surface area contributed by atoms with Crippen molar-refractivity contribution < 1.29 is 18.9 Å². The summed E-state index contributed by atoms with van der Waals surface area (Å²) >= 11 is 5.81. The van der Waals surface area contributed by atoms with E-state index in [1.807, 2.05) is 0 Å². The van der Waals surface area contributed by atoms with Crippen LogP contribution in [0.1, 0.15) is 10.4 Å². The highest BCUT2D eigenvalue weighted by molar-refractivity contribution is 6.35. The zero-order valence-corrected chi connectivity index (χ0v) is 10.3. The molecule has 2 rings (SSSR count). The van der Waals surface area contributed by atoms with Crippen LogP contribution in [0.4, 0.5) is 5.69 Å². The number of carbonyl (C=O) groups is 1. The van der Waals surface area contributed by atoms with Gasteiger partial charge in [-0.3, -0.25) is 10.1 Å². The van der Waals surface area contributed by atoms with E-state index in [0.29, 0.717) is 0 Å². The maximum absolute atomic E-state index is 11.6. The number of non-ortho nitro benzene ring substituents is 1. The lowest BCUT2D eigenvalue weighted by molar-refractivity contribution is -0.384. The minimum Gasteiger partial charge on any atom is -0.465 e. The third-order valence-electron chi connectivity index (χ3n) is 2.40. The number of esters is 1. The first-order chi connectivity index (χ1) is 8.93. The molecule has 0 aliphatic heterocycles. The fourth-order valence-corrected chi connectivity index (χ4v) is 1.84. The van der Waals surface area contributed by atoms with Crippen LogP contribution in [-0.4, -0.2) is 18.0 Å². The molecule has 0 N–H and O–H groups in total. The van der Waals surface area contributed by atoms with Crippen LogP contribution in [0.3, 0.4) is 0 Å². The van der Waals surface area contributed by atoms with Gasteiger partial charge in [-0.25, -0.2) is 9.59 Å². The van der Waals surface area contributed by atoms with Gasteiger partial charge in [0.25, 0.3) is 5.69 Å². The van der Waals surface area contributed by atoms with Gasteiger partial charge in [-0.05, 0) is 0 Å². The molecule has 0 unspecified atom stereocenters. The largest absolute Gasteiger partial charge is 0.465 e. The second-order valence-electron chi connectivity index (χ2n) is 3.53. The molecule has 2 aromatic rings. The molecule has 19 heavy (non-hydrogen) atoms. The van der Waals surface area contributed by atoms with Crippen LogP contribution >= 0.6 is 11.6 Å². The number of fused-ring (bicyclic) bond motifs is 1. The van der Waals surface area contributed by atoms with Gasteiger partial charge in [0.1, 0.15) is 0 Å². The first kappa shape index (κ1) is 13.0. The van der Waals surface area contributed by atoms with Gasteiger partial charge in [0.2, 0.25) is 0 Å². The van der Waals surface area contributed by atoms with Crippen molar-refractivity contribution in [3.63, 3.8) is 0 Å². The topological polar surface area (TPSA) is 99.7 Å². The van der Waals surface area contributed by atoms with Crippen molar-refractivity contribution in [3.8, 4) is 0 Å². The van der Waals surface area contributed by atoms with E-state index in [9.17, 15) is 19.7 Å². The zero-order valence-electron chi connectivity index (χ0n) is 9.51. The van der Waals surface area contributed by atoms with Crippen LogP contribution in [0.25, 0.3) is 11.0 Å². The normalized spacial score (nSPS) is 10.4. The first-order valence-electron chi connectivity index (χ1n) is 4.94. The molecule has 1 aromatic carbocycles. The number of nitro benzene ring substituents is 1. The molecule has 0 aliphatic rings. The van der Waals surface area contributed by atoms with E-state index in [1.165, 1.54) is 0 Å². The summed E-state index contributed by atoms with van der Waals surface area (Å²) in [5, 5.41) is 10.7. The van der Waals surface area contributed by atoms with Gasteiger partial charge in [-0.2, -0.15) is 0 Å². The molecule has 8 heteroatoms. The number of hydrogen-bond donors (Lipinski definition) is 0. The van der Waals surface area contributed by atoms with Gasteiger partial charge in [0.05, 0.1) is 22.6 Å². The van der Waals surface area contributed by atoms with Gasteiger partial charge in [-0.1, -0.05) is 11.6 Å². The third kappa shape index (κ3) is 2.27. The summed E-state index contributed by atoms with van der Waals surface area (Å²) in [5.41, 5.74) is -1.36. The maximum Gasteiger partial charge on any atom is 0.338 e. The number of benzene rings is 1. The Hall–Kier alpha value is -2.41. The Labute approximate surface area is 110 Å². The summed E-state index contributed by atoms with van der Waals surface area (Å²) in [4.78, 5) is 33.0. The fourth-order valence-electron chi connectivity index (χ4n) is 1.59. The molecule has 1 aromatic heterocycles. The maximum atomic E-state index is 11.6. The molecule has 98 valence electrons. The molecule has 0 saturated carbocycles. The lowest BCUT2D eigenvalue weighted by Gasteiger charge is -2.04. The summed E-state index contributed by atoms with van der Waals surface area (Å²) in [6, 6.07) is 3.03. The molecular weight excluding hydrogens is 278 g/mol. The number of nitrogens with zero attached hydrogens (tertiary/aromatic N) is 1. The first-order valence-corrected chi connectivity index (χ1v) is 5.32. The van der Waals surface area contributed by atoms with E-state index in [2.05, 4.69) is 4.74 Å². The van der Waals surface area contributed by atoms with Crippen LogP contribution in [0.5, 0.6) is 0 Å². The lowest BCUT2D eigenvalue weighted by Crippen LogP contribution is -2.08. The lowest BCUT2D eigenvalue weighted by atomic mass is 10.1. The number of rotatable bonds is 2. The van der Waals surface area contributed by atoms with E-state index in [0.717, 1.165) is 25.3 Å². The van der Waals surface area contributed by atoms with Crippen molar-refractivity contribution in [2.24, 2.45) is 0 Å². The molecule has 0 saturated heterocycles. The summed E-state index contributed by atoms with van der Waals surface area (Å²) in [6.07, 6.45) is 0. The molecule has 0 fully saturated rings. The van der Waals surface area contributed by atoms with E-state index in [-0.39, 0.29) is 27.2 Å². The number of halogens is 1. The predicted octanol–water partition coefficient (Wildman–Crippen LogP) is 2.14. The molecule has 0 spiro atoms. The van der Waals surface area contributed by atoms with Crippen molar-refractivity contribution in [3.05, 3.63) is 49.3 Å². The molecule has 0 atom stereocenters. The standard InChI is InChI=1S/C11H6ClNO6/c1-18-11(15)7-4-9(14)19-10-6(7)2-5(13(16)17)3-8(10)12/h2-4H,1H3. The van der Waals surface area contributed by atoms with Gasteiger partial charge in [0.15, 0.2) is 5.58 Å². The Balaban J connectivity index is 2.91. The van der Waals surface area contributed by atoms with Gasteiger partial charge in [-0.15, -0.1) is 0 Å². The number of nitro groups is 1. The summed E-state index contributed by atoms with van der Waals surface area (Å²) in [7, 11) is 1.13. The SMILES string of the molecule is COC(=O)c1cc(=O)oc2c(Cl)cc([N+](=O)[O-])cc12. The molecule has 7 nitrogen and oxygen atoms in total. The molecule has 0 bridgehead atoms. The van der Waals surface area contributed by atoms with Crippen LogP contribution in [0.15, 0.2) is 27.4 Å². The molecule has 0 radical (unpaired) electrons. The highest BCUT2D eigenvalue weighted by Crippen LogP contribution is 2.30. The smallest absolute Gasteiger partial charge is 0.338 e. The average molecular weight is 284 g/mol. The molecule has 0 amide bonds. The summed E-state index contributed by atoms with van der Waals surface area (Å²) in [6.45, 7) is 0. The van der Waals surface area contributed by atoms with Crippen LogP contribution in [0, 0.1) is 10.1 Å². The van der Waals surface area contributed by atoms with Crippen LogP contribution < -0.4 is 5.63 Å². The van der Waals surface area contributed by atoms with E-state index < -0.39 is 16.5 Å². The van der Waals surface area contributed by atoms with Gasteiger partial charge < -0.3 is 9.15 Å². The van der Waals surface area contributed by atoms with E-state index in [1.54, 1.807) is 0 Å². The predicted molar refractivity (Wildman–Crippen MR) is 65.5 cm³/mol. The van der Waals surface area contributed by atoms with Crippen molar-refractivity contribution in [2.75, 3.05) is 7.11 Å². The monoisotopic (exact) mass is 283 g/mol. The van der Waals surface area contributed by atoms with Crippen LogP contribution in [0.2, 0.25) is 5.02 Å². The Morgan fingerprint density at radius 2 is 2.11 bits per heavy atom.